The van der Waals surface area contributed by atoms with Crippen molar-refractivity contribution in [3.63, 3.8) is 0 Å². The Kier molecular flexibility index (Phi) is 7.49. The molecule has 0 unspecified atom stereocenters. The zero-order valence-electron chi connectivity index (χ0n) is 23.5. The number of halogens is 3. The van der Waals surface area contributed by atoms with E-state index in [1.807, 2.05) is 16.7 Å². The van der Waals surface area contributed by atoms with Gasteiger partial charge in [-0.05, 0) is 81.0 Å². The van der Waals surface area contributed by atoms with Gasteiger partial charge in [0.05, 0.1) is 10.5 Å². The Morgan fingerprint density at radius 2 is 1.50 bits per heavy atom. The number of hydrogen-bond donors (Lipinski definition) is 0. The van der Waals surface area contributed by atoms with E-state index in [4.69, 9.17) is 0 Å². The highest BCUT2D eigenvalue weighted by Crippen LogP contribution is 2.40. The van der Waals surface area contributed by atoms with Gasteiger partial charge in [0.1, 0.15) is 0 Å². The van der Waals surface area contributed by atoms with E-state index in [-0.39, 0.29) is 47.7 Å². The predicted octanol–water partition coefficient (Wildman–Crippen LogP) is 4.14. The van der Waals surface area contributed by atoms with E-state index in [2.05, 4.69) is 0 Å². The number of benzene rings is 2. The predicted molar refractivity (Wildman–Crippen MR) is 152 cm³/mol. The zero-order valence-corrected chi connectivity index (χ0v) is 24.3. The maximum atomic E-state index is 13.5. The molecule has 226 valence electrons. The van der Waals surface area contributed by atoms with Crippen LogP contribution in [0.25, 0.3) is 0 Å². The lowest BCUT2D eigenvalue weighted by Gasteiger charge is -2.39. The third-order valence-electron chi connectivity index (χ3n) is 9.00. The van der Waals surface area contributed by atoms with Crippen LogP contribution in [0.1, 0.15) is 43.7 Å². The van der Waals surface area contributed by atoms with Crippen molar-refractivity contribution in [3.8, 4) is 0 Å². The standard InChI is InChI=1S/C30H35F3N4O4S/c1-20-17-23-18-26(7-8-27(23)37(20)29(39)21-5-6-21)42(40,41)36-11-9-22(10-12-36)28(38)35-15-13-34(14-16-35)25-4-2-3-24(19-25)30(31,32)33/h2-4,7-8,18-22H,5-6,9-17H2,1H3/t20-/m1/s1. The Labute approximate surface area is 244 Å². The van der Waals surface area contributed by atoms with Gasteiger partial charge in [0.25, 0.3) is 0 Å². The monoisotopic (exact) mass is 604 g/mol. The second kappa shape index (κ2) is 10.9. The van der Waals surface area contributed by atoms with Crippen LogP contribution in [0.15, 0.2) is 47.4 Å². The van der Waals surface area contributed by atoms with Crippen LogP contribution in [-0.4, -0.2) is 74.7 Å². The average molecular weight is 605 g/mol. The Morgan fingerprint density at radius 1 is 0.833 bits per heavy atom. The molecule has 3 fully saturated rings. The van der Waals surface area contributed by atoms with E-state index in [0.29, 0.717) is 51.1 Å². The van der Waals surface area contributed by atoms with E-state index in [0.717, 1.165) is 36.2 Å². The number of amides is 2. The highest BCUT2D eigenvalue weighted by Gasteiger charge is 2.41. The van der Waals surface area contributed by atoms with E-state index in [1.165, 1.54) is 10.4 Å². The summed E-state index contributed by atoms with van der Waals surface area (Å²) in [6.45, 7) is 4.14. The third-order valence-corrected chi connectivity index (χ3v) is 10.9. The SMILES string of the molecule is C[C@@H]1Cc2cc(S(=O)(=O)N3CCC(C(=O)N4CCN(c5cccc(C(F)(F)F)c5)CC4)CC3)ccc2N1C(=O)C1CC1. The first-order valence-electron chi connectivity index (χ1n) is 14.6. The van der Waals surface area contributed by atoms with Gasteiger partial charge in [-0.3, -0.25) is 9.59 Å². The molecular weight excluding hydrogens is 569 g/mol. The number of piperidine rings is 1. The summed E-state index contributed by atoms with van der Waals surface area (Å²) < 4.78 is 67.8. The molecule has 2 aromatic carbocycles. The largest absolute Gasteiger partial charge is 0.416 e. The summed E-state index contributed by atoms with van der Waals surface area (Å²) in [5, 5.41) is 0. The van der Waals surface area contributed by atoms with Crippen LogP contribution in [0.2, 0.25) is 0 Å². The van der Waals surface area contributed by atoms with E-state index in [9.17, 15) is 31.2 Å². The van der Waals surface area contributed by atoms with Gasteiger partial charge < -0.3 is 14.7 Å². The molecule has 1 atom stereocenters. The number of sulfonamides is 1. The van der Waals surface area contributed by atoms with Crippen LogP contribution in [0.5, 0.6) is 0 Å². The number of piperazine rings is 1. The average Bonchev–Trinajstić information content (AvgIpc) is 3.78. The second-order valence-electron chi connectivity index (χ2n) is 11.9. The van der Waals surface area contributed by atoms with Crippen molar-refractivity contribution in [1.29, 1.82) is 0 Å². The normalized spacial score (nSPS) is 22.4. The van der Waals surface area contributed by atoms with E-state index < -0.39 is 21.8 Å². The Bertz CT molecular complexity index is 1480. The number of fused-ring (bicyclic) bond motifs is 1. The van der Waals surface area contributed by atoms with Crippen LogP contribution in [-0.2, 0) is 32.2 Å². The summed E-state index contributed by atoms with van der Waals surface area (Å²) in [5.74, 6) is -0.104. The van der Waals surface area contributed by atoms with Crippen molar-refractivity contribution in [1.82, 2.24) is 9.21 Å². The molecule has 6 rings (SSSR count). The van der Waals surface area contributed by atoms with Crippen LogP contribution in [0, 0.1) is 11.8 Å². The third kappa shape index (κ3) is 5.50. The molecule has 8 nitrogen and oxygen atoms in total. The zero-order chi connectivity index (χ0) is 29.8. The minimum atomic E-state index is -4.41. The lowest BCUT2D eigenvalue weighted by Crippen LogP contribution is -2.52. The first-order valence-corrected chi connectivity index (χ1v) is 16.0. The molecule has 0 aromatic heterocycles. The van der Waals surface area contributed by atoms with Crippen LogP contribution in [0.3, 0.4) is 0 Å². The van der Waals surface area contributed by atoms with Gasteiger partial charge in [0.15, 0.2) is 0 Å². The van der Waals surface area contributed by atoms with Crippen molar-refractivity contribution in [3.05, 3.63) is 53.6 Å². The van der Waals surface area contributed by atoms with Gasteiger partial charge in [-0.15, -0.1) is 0 Å². The fourth-order valence-corrected chi connectivity index (χ4v) is 7.97. The molecule has 0 spiro atoms. The maximum Gasteiger partial charge on any atom is 0.416 e. The molecule has 2 saturated heterocycles. The summed E-state index contributed by atoms with van der Waals surface area (Å²) in [4.78, 5) is 31.7. The molecule has 1 saturated carbocycles. The number of nitrogens with zero attached hydrogens (tertiary/aromatic N) is 4. The Balaban J connectivity index is 1.04. The molecular formula is C30H35F3N4O4S. The first kappa shape index (κ1) is 29.0. The Hall–Kier alpha value is -3.12. The van der Waals surface area contributed by atoms with Gasteiger partial charge in [0, 0.05) is 68.5 Å². The van der Waals surface area contributed by atoms with Gasteiger partial charge in [-0.1, -0.05) is 6.07 Å². The summed E-state index contributed by atoms with van der Waals surface area (Å²) in [6.07, 6.45) is -1.13. The summed E-state index contributed by atoms with van der Waals surface area (Å²) in [5.41, 5.74) is 1.46. The van der Waals surface area contributed by atoms with Gasteiger partial charge in [-0.2, -0.15) is 17.5 Å². The first-order chi connectivity index (χ1) is 19.9. The smallest absolute Gasteiger partial charge is 0.368 e. The highest BCUT2D eigenvalue weighted by molar-refractivity contribution is 7.89. The molecule has 2 amide bonds. The van der Waals surface area contributed by atoms with Gasteiger partial charge in [-0.25, -0.2) is 8.42 Å². The molecule has 0 radical (unpaired) electrons. The fraction of sp³-hybridized carbons (Fsp3) is 0.533. The van der Waals surface area contributed by atoms with Crippen molar-refractivity contribution in [2.24, 2.45) is 11.8 Å². The summed E-state index contributed by atoms with van der Waals surface area (Å²) >= 11 is 0. The van der Waals surface area contributed by atoms with E-state index in [1.54, 1.807) is 29.2 Å². The molecule has 0 bridgehead atoms. The number of anilines is 2. The molecule has 0 N–H and O–H groups in total. The van der Waals surface area contributed by atoms with Crippen molar-refractivity contribution >= 4 is 33.2 Å². The van der Waals surface area contributed by atoms with Crippen LogP contribution >= 0.6 is 0 Å². The van der Waals surface area contributed by atoms with Crippen LogP contribution in [0.4, 0.5) is 24.5 Å². The quantitative estimate of drug-likeness (QED) is 0.513. The number of carbonyl (C=O) groups is 2. The van der Waals surface area contributed by atoms with Crippen molar-refractivity contribution in [2.75, 3.05) is 49.1 Å². The molecule has 3 heterocycles. The van der Waals surface area contributed by atoms with Gasteiger partial charge >= 0.3 is 6.18 Å². The highest BCUT2D eigenvalue weighted by atomic mass is 32.2. The summed E-state index contributed by atoms with van der Waals surface area (Å²) in [7, 11) is -3.75. The van der Waals surface area contributed by atoms with Gasteiger partial charge in [0.2, 0.25) is 21.8 Å². The van der Waals surface area contributed by atoms with Crippen molar-refractivity contribution in [2.45, 2.75) is 56.1 Å². The number of alkyl halides is 3. The minimum Gasteiger partial charge on any atom is -0.368 e. The van der Waals surface area contributed by atoms with Crippen molar-refractivity contribution < 1.29 is 31.2 Å². The molecule has 12 heteroatoms. The molecule has 2 aromatic rings. The number of hydrogen-bond acceptors (Lipinski definition) is 5. The topological polar surface area (TPSA) is 81.2 Å². The molecule has 4 aliphatic rings. The Morgan fingerprint density at radius 3 is 2.14 bits per heavy atom. The lowest BCUT2D eigenvalue weighted by molar-refractivity contribution is -0.137. The molecule has 42 heavy (non-hydrogen) atoms. The fourth-order valence-electron chi connectivity index (χ4n) is 6.45. The second-order valence-corrected chi connectivity index (χ2v) is 13.8. The molecule has 3 aliphatic heterocycles. The van der Waals surface area contributed by atoms with Crippen LogP contribution < -0.4 is 9.80 Å². The maximum absolute atomic E-state index is 13.5. The molecule has 1 aliphatic carbocycles. The van der Waals surface area contributed by atoms with E-state index >= 15 is 0 Å². The number of carbonyl (C=O) groups excluding carboxylic acids is 2. The lowest BCUT2D eigenvalue weighted by atomic mass is 9.96. The number of rotatable bonds is 5. The summed E-state index contributed by atoms with van der Waals surface area (Å²) in [6, 6.07) is 10.3. The minimum absolute atomic E-state index is 0.000249.